The molecule has 0 unspecified atom stereocenters. The van der Waals surface area contributed by atoms with Gasteiger partial charge in [-0.1, -0.05) is 36.4 Å². The Kier molecular flexibility index (Phi) is 5.60. The first-order valence-corrected chi connectivity index (χ1v) is 11.9. The largest absolute Gasteiger partial charge is 0.341 e. The summed E-state index contributed by atoms with van der Waals surface area (Å²) in [6, 6.07) is 23.2. The predicted octanol–water partition coefficient (Wildman–Crippen LogP) is 5.47. The summed E-state index contributed by atoms with van der Waals surface area (Å²) in [7, 11) is 0. The molecule has 1 saturated heterocycles. The Morgan fingerprint density at radius 1 is 0.943 bits per heavy atom. The summed E-state index contributed by atoms with van der Waals surface area (Å²) < 4.78 is 0. The molecule has 1 amide bonds. The number of benzene rings is 3. The minimum atomic E-state index is -0.151. The fourth-order valence-corrected chi connectivity index (χ4v) is 4.68. The smallest absolute Gasteiger partial charge is 0.255 e. The maximum atomic E-state index is 12.8. The molecule has 6 rings (SSSR count). The van der Waals surface area contributed by atoms with E-state index in [1.807, 2.05) is 66.9 Å². The molecule has 0 saturated carbocycles. The molecule has 35 heavy (non-hydrogen) atoms. The number of amides is 1. The van der Waals surface area contributed by atoms with Crippen molar-refractivity contribution in [2.75, 3.05) is 18.4 Å². The van der Waals surface area contributed by atoms with Crippen LogP contribution in [0.5, 0.6) is 0 Å². The molecule has 7 heteroatoms. The third-order valence-electron chi connectivity index (χ3n) is 6.50. The average Bonchev–Trinajstić information content (AvgIpc) is 3.66. The van der Waals surface area contributed by atoms with Crippen molar-refractivity contribution in [1.29, 1.82) is 0 Å². The van der Waals surface area contributed by atoms with E-state index in [4.69, 9.17) is 0 Å². The normalized spacial score (nSPS) is 13.9. The van der Waals surface area contributed by atoms with Gasteiger partial charge in [0.05, 0.1) is 29.6 Å². The van der Waals surface area contributed by atoms with Gasteiger partial charge in [-0.15, -0.1) is 0 Å². The highest BCUT2D eigenvalue weighted by Gasteiger charge is 2.16. The number of nitrogens with zero attached hydrogens (tertiary/aromatic N) is 3. The molecule has 3 heterocycles. The van der Waals surface area contributed by atoms with Crippen LogP contribution >= 0.6 is 0 Å². The van der Waals surface area contributed by atoms with Crippen molar-refractivity contribution < 1.29 is 4.79 Å². The van der Waals surface area contributed by atoms with Crippen molar-refractivity contribution in [2.45, 2.75) is 19.4 Å². The Hall–Kier alpha value is -4.23. The minimum Gasteiger partial charge on any atom is -0.341 e. The molecule has 5 aromatic rings. The van der Waals surface area contributed by atoms with E-state index in [0.29, 0.717) is 5.56 Å². The van der Waals surface area contributed by atoms with Crippen LogP contribution in [0.25, 0.3) is 33.4 Å². The van der Waals surface area contributed by atoms with Crippen LogP contribution in [-0.4, -0.2) is 44.1 Å². The molecule has 3 N–H and O–H groups in total. The van der Waals surface area contributed by atoms with E-state index in [0.717, 1.165) is 64.6 Å². The molecule has 0 radical (unpaired) electrons. The number of aromatic nitrogens is 4. The highest BCUT2D eigenvalue weighted by atomic mass is 16.1. The van der Waals surface area contributed by atoms with Crippen molar-refractivity contribution in [1.82, 2.24) is 25.1 Å². The van der Waals surface area contributed by atoms with Gasteiger partial charge in [-0.05, 0) is 62.3 Å². The Labute approximate surface area is 203 Å². The lowest BCUT2D eigenvalue weighted by molar-refractivity contribution is 0.102. The Balaban J connectivity index is 1.28. The topological polar surface area (TPSA) is 89.7 Å². The summed E-state index contributed by atoms with van der Waals surface area (Å²) in [5, 5.41) is 11.6. The van der Waals surface area contributed by atoms with Crippen molar-refractivity contribution >= 4 is 22.5 Å². The summed E-state index contributed by atoms with van der Waals surface area (Å²) in [4.78, 5) is 23.3. The molecule has 2 aromatic heterocycles. The fourth-order valence-electron chi connectivity index (χ4n) is 4.68. The number of aromatic amines is 2. The minimum absolute atomic E-state index is 0.151. The number of hydrogen-bond acceptors (Lipinski definition) is 4. The quantitative estimate of drug-likeness (QED) is 0.312. The third kappa shape index (κ3) is 4.46. The summed E-state index contributed by atoms with van der Waals surface area (Å²) >= 11 is 0. The van der Waals surface area contributed by atoms with E-state index in [1.54, 1.807) is 0 Å². The van der Waals surface area contributed by atoms with Crippen molar-refractivity contribution in [2.24, 2.45) is 0 Å². The number of fused-ring (bicyclic) bond motifs is 1. The van der Waals surface area contributed by atoms with Gasteiger partial charge >= 0.3 is 0 Å². The lowest BCUT2D eigenvalue weighted by Crippen LogP contribution is -2.19. The van der Waals surface area contributed by atoms with Gasteiger partial charge in [0.1, 0.15) is 5.82 Å². The molecule has 0 spiro atoms. The van der Waals surface area contributed by atoms with Crippen molar-refractivity contribution in [3.63, 3.8) is 0 Å². The Morgan fingerprint density at radius 2 is 1.80 bits per heavy atom. The van der Waals surface area contributed by atoms with E-state index in [-0.39, 0.29) is 5.91 Å². The number of hydrogen-bond donors (Lipinski definition) is 3. The van der Waals surface area contributed by atoms with Crippen LogP contribution in [0.4, 0.5) is 5.69 Å². The highest BCUT2D eigenvalue weighted by molar-refractivity contribution is 6.05. The number of anilines is 1. The molecule has 7 nitrogen and oxygen atoms in total. The van der Waals surface area contributed by atoms with Crippen LogP contribution in [0, 0.1) is 0 Å². The number of likely N-dealkylation sites (tertiary alicyclic amines) is 1. The lowest BCUT2D eigenvalue weighted by Gasteiger charge is -2.11. The number of rotatable bonds is 6. The van der Waals surface area contributed by atoms with Crippen molar-refractivity contribution in [3.05, 3.63) is 90.4 Å². The highest BCUT2D eigenvalue weighted by Crippen LogP contribution is 2.30. The van der Waals surface area contributed by atoms with Gasteiger partial charge < -0.3 is 10.3 Å². The maximum absolute atomic E-state index is 12.8. The van der Waals surface area contributed by atoms with E-state index < -0.39 is 0 Å². The SMILES string of the molecule is O=C(Nc1ccccc1)c1cccc(-c2n[nH]c3ccc(-c4cnc(CN5CCCC5)[nH]4)cc23)c1. The van der Waals surface area contributed by atoms with Crippen molar-refractivity contribution in [3.8, 4) is 22.5 Å². The van der Waals surface area contributed by atoms with Crippen LogP contribution in [0.15, 0.2) is 79.0 Å². The Morgan fingerprint density at radius 3 is 2.66 bits per heavy atom. The first-order chi connectivity index (χ1) is 17.2. The number of carbonyl (C=O) groups is 1. The molecule has 174 valence electrons. The first-order valence-electron chi connectivity index (χ1n) is 11.9. The van der Waals surface area contributed by atoms with Gasteiger partial charge in [0.25, 0.3) is 5.91 Å². The lowest BCUT2D eigenvalue weighted by atomic mass is 10.0. The number of nitrogens with one attached hydrogen (secondary N) is 3. The molecule has 0 atom stereocenters. The summed E-state index contributed by atoms with van der Waals surface area (Å²) in [5.74, 6) is 0.841. The van der Waals surface area contributed by atoms with Gasteiger partial charge in [-0.2, -0.15) is 5.10 Å². The van der Waals surface area contributed by atoms with E-state index in [2.05, 4.69) is 42.5 Å². The predicted molar refractivity (Wildman–Crippen MR) is 138 cm³/mol. The second-order valence-electron chi connectivity index (χ2n) is 8.96. The van der Waals surface area contributed by atoms with Gasteiger partial charge in [-0.25, -0.2) is 4.98 Å². The number of para-hydroxylation sites is 1. The zero-order chi connectivity index (χ0) is 23.6. The van der Waals surface area contributed by atoms with E-state index >= 15 is 0 Å². The molecule has 0 aliphatic carbocycles. The Bertz CT molecular complexity index is 1480. The molecule has 1 fully saturated rings. The van der Waals surface area contributed by atoms with Gasteiger partial charge in [0.2, 0.25) is 0 Å². The molecule has 1 aliphatic rings. The van der Waals surface area contributed by atoms with Crippen LogP contribution in [0.2, 0.25) is 0 Å². The standard InChI is InChI=1S/C28H26N6O/c35-28(30-22-9-2-1-3-10-22)21-8-6-7-20(15-21)27-23-16-19(11-12-24(23)32-33-27)25-17-29-26(31-25)18-34-13-4-5-14-34/h1-3,6-12,15-17H,4-5,13-14,18H2,(H,29,31)(H,30,35)(H,32,33). The van der Waals surface area contributed by atoms with E-state index in [9.17, 15) is 4.79 Å². The molecular weight excluding hydrogens is 436 g/mol. The number of carbonyl (C=O) groups excluding carboxylic acids is 1. The second kappa shape index (κ2) is 9.19. The number of H-pyrrole nitrogens is 2. The molecule has 1 aliphatic heterocycles. The zero-order valence-electron chi connectivity index (χ0n) is 19.3. The first kappa shape index (κ1) is 21.3. The third-order valence-corrected chi connectivity index (χ3v) is 6.50. The van der Waals surface area contributed by atoms with Crippen LogP contribution in [0.3, 0.4) is 0 Å². The summed E-state index contributed by atoms with van der Waals surface area (Å²) in [5.41, 5.74) is 6.03. The molecular formula is C28H26N6O. The second-order valence-corrected chi connectivity index (χ2v) is 8.96. The molecule has 3 aromatic carbocycles. The van der Waals surface area contributed by atoms with Gasteiger partial charge in [0, 0.05) is 27.8 Å². The molecule has 0 bridgehead atoms. The summed E-state index contributed by atoms with van der Waals surface area (Å²) in [6.07, 6.45) is 4.44. The van der Waals surface area contributed by atoms with Crippen LogP contribution < -0.4 is 5.32 Å². The maximum Gasteiger partial charge on any atom is 0.255 e. The monoisotopic (exact) mass is 462 g/mol. The fraction of sp³-hybridized carbons (Fsp3) is 0.179. The van der Waals surface area contributed by atoms with Crippen LogP contribution in [-0.2, 0) is 6.54 Å². The number of imidazole rings is 1. The zero-order valence-corrected chi connectivity index (χ0v) is 19.3. The summed E-state index contributed by atoms with van der Waals surface area (Å²) in [6.45, 7) is 3.14. The average molecular weight is 463 g/mol. The van der Waals surface area contributed by atoms with Gasteiger partial charge in [0.15, 0.2) is 0 Å². The van der Waals surface area contributed by atoms with Gasteiger partial charge in [-0.3, -0.25) is 14.8 Å². The van der Waals surface area contributed by atoms with Crippen LogP contribution in [0.1, 0.15) is 29.0 Å². The van der Waals surface area contributed by atoms with E-state index in [1.165, 1.54) is 12.8 Å².